The standard InChI is InChI=1S/C17H21NO4/c1-9(2)13-11-5-6-12(13)15(17(20)21)14(11)16(19)18-8-10-4-3-7-22-10/h3-4,7,11-12,14-15H,5-6,8H2,1-2H3,(H,18,19)(H,20,21). The van der Waals surface area contributed by atoms with Crippen LogP contribution < -0.4 is 5.32 Å². The molecule has 3 rings (SSSR count). The third-order valence-corrected chi connectivity index (χ3v) is 5.02. The first-order valence-corrected chi connectivity index (χ1v) is 7.71. The third kappa shape index (κ3) is 2.34. The molecule has 1 aromatic rings. The van der Waals surface area contributed by atoms with Gasteiger partial charge >= 0.3 is 5.97 Å². The quantitative estimate of drug-likeness (QED) is 0.838. The molecule has 2 bridgehead atoms. The first kappa shape index (κ1) is 14.9. The van der Waals surface area contributed by atoms with Gasteiger partial charge in [-0.2, -0.15) is 0 Å². The van der Waals surface area contributed by atoms with E-state index in [0.717, 1.165) is 12.8 Å². The van der Waals surface area contributed by atoms with E-state index in [1.54, 1.807) is 18.4 Å². The number of carbonyl (C=O) groups excluding carboxylic acids is 1. The summed E-state index contributed by atoms with van der Waals surface area (Å²) in [4.78, 5) is 24.3. The van der Waals surface area contributed by atoms with Crippen molar-refractivity contribution in [1.29, 1.82) is 0 Å². The fraction of sp³-hybridized carbons (Fsp3) is 0.529. The molecule has 118 valence electrons. The number of amides is 1. The van der Waals surface area contributed by atoms with E-state index in [0.29, 0.717) is 12.3 Å². The molecule has 22 heavy (non-hydrogen) atoms. The van der Waals surface area contributed by atoms with E-state index in [-0.39, 0.29) is 17.7 Å². The lowest BCUT2D eigenvalue weighted by Gasteiger charge is -2.26. The number of fused-ring (bicyclic) bond motifs is 2. The number of furan rings is 1. The van der Waals surface area contributed by atoms with Crippen molar-refractivity contribution in [2.45, 2.75) is 33.2 Å². The highest BCUT2D eigenvalue weighted by Crippen LogP contribution is 2.57. The van der Waals surface area contributed by atoms with E-state index < -0.39 is 17.8 Å². The summed E-state index contributed by atoms with van der Waals surface area (Å²) in [6.45, 7) is 4.33. The zero-order valence-corrected chi connectivity index (χ0v) is 12.8. The van der Waals surface area contributed by atoms with E-state index in [1.165, 1.54) is 11.1 Å². The minimum Gasteiger partial charge on any atom is -0.481 e. The molecule has 2 fully saturated rings. The molecule has 4 unspecified atom stereocenters. The summed E-state index contributed by atoms with van der Waals surface area (Å²) in [6, 6.07) is 3.55. The molecule has 0 spiro atoms. The second-order valence-corrected chi connectivity index (χ2v) is 6.43. The van der Waals surface area contributed by atoms with Gasteiger partial charge in [-0.3, -0.25) is 9.59 Å². The number of carboxylic acid groups (broad SMARTS) is 1. The van der Waals surface area contributed by atoms with E-state index in [1.807, 2.05) is 13.8 Å². The Kier molecular flexibility index (Phi) is 3.81. The molecule has 5 heteroatoms. The smallest absolute Gasteiger partial charge is 0.307 e. The van der Waals surface area contributed by atoms with Crippen LogP contribution in [0.25, 0.3) is 0 Å². The van der Waals surface area contributed by atoms with Crippen molar-refractivity contribution >= 4 is 11.9 Å². The Morgan fingerprint density at radius 3 is 2.50 bits per heavy atom. The highest BCUT2D eigenvalue weighted by Gasteiger charge is 2.57. The predicted molar refractivity (Wildman–Crippen MR) is 79.8 cm³/mol. The molecule has 1 amide bonds. The van der Waals surface area contributed by atoms with Gasteiger partial charge < -0.3 is 14.8 Å². The fourth-order valence-corrected chi connectivity index (χ4v) is 4.31. The lowest BCUT2D eigenvalue weighted by atomic mass is 9.79. The average Bonchev–Trinajstić information content (AvgIpc) is 3.17. The Balaban J connectivity index is 1.80. The van der Waals surface area contributed by atoms with Crippen LogP contribution in [0.15, 0.2) is 34.0 Å². The van der Waals surface area contributed by atoms with Crippen LogP contribution >= 0.6 is 0 Å². The number of carboxylic acids is 1. The maximum absolute atomic E-state index is 12.6. The molecule has 5 nitrogen and oxygen atoms in total. The summed E-state index contributed by atoms with van der Waals surface area (Å²) >= 11 is 0. The maximum Gasteiger partial charge on any atom is 0.307 e. The Hall–Kier alpha value is -2.04. The molecule has 0 aliphatic heterocycles. The van der Waals surface area contributed by atoms with Crippen molar-refractivity contribution < 1.29 is 19.1 Å². The van der Waals surface area contributed by atoms with Crippen LogP contribution in [0.5, 0.6) is 0 Å². The summed E-state index contributed by atoms with van der Waals surface area (Å²) < 4.78 is 5.20. The summed E-state index contributed by atoms with van der Waals surface area (Å²) in [5.41, 5.74) is 2.37. The van der Waals surface area contributed by atoms with Crippen LogP contribution in [-0.2, 0) is 16.1 Å². The molecule has 0 aromatic carbocycles. The van der Waals surface area contributed by atoms with Crippen molar-refractivity contribution in [2.24, 2.45) is 23.7 Å². The summed E-state index contributed by atoms with van der Waals surface area (Å²) in [5, 5.41) is 12.4. The second kappa shape index (κ2) is 5.63. The highest BCUT2D eigenvalue weighted by molar-refractivity contribution is 5.87. The Bertz CT molecular complexity index is 613. The van der Waals surface area contributed by atoms with Crippen molar-refractivity contribution in [1.82, 2.24) is 5.32 Å². The summed E-state index contributed by atoms with van der Waals surface area (Å²) in [5.74, 6) is -1.32. The summed E-state index contributed by atoms with van der Waals surface area (Å²) in [7, 11) is 0. The van der Waals surface area contributed by atoms with E-state index >= 15 is 0 Å². The fourth-order valence-electron chi connectivity index (χ4n) is 4.31. The van der Waals surface area contributed by atoms with Gasteiger partial charge in [0.25, 0.3) is 0 Å². The number of hydrogen-bond donors (Lipinski definition) is 2. The molecule has 4 atom stereocenters. The zero-order valence-electron chi connectivity index (χ0n) is 12.8. The van der Waals surface area contributed by atoms with Gasteiger partial charge in [0.2, 0.25) is 5.91 Å². The molecule has 0 radical (unpaired) electrons. The predicted octanol–water partition coefficient (Wildman–Crippen LogP) is 2.59. The van der Waals surface area contributed by atoms with Crippen molar-refractivity contribution in [2.75, 3.05) is 0 Å². The van der Waals surface area contributed by atoms with Gasteiger partial charge in [0.15, 0.2) is 0 Å². The first-order valence-electron chi connectivity index (χ1n) is 7.71. The van der Waals surface area contributed by atoms with E-state index in [9.17, 15) is 14.7 Å². The van der Waals surface area contributed by atoms with Gasteiger partial charge in [0.05, 0.1) is 24.6 Å². The Labute approximate surface area is 129 Å². The molecule has 2 aliphatic carbocycles. The van der Waals surface area contributed by atoms with Crippen LogP contribution in [0.2, 0.25) is 0 Å². The van der Waals surface area contributed by atoms with Gasteiger partial charge in [0, 0.05) is 0 Å². The van der Waals surface area contributed by atoms with Gasteiger partial charge in [-0.25, -0.2) is 0 Å². The number of carbonyl (C=O) groups is 2. The van der Waals surface area contributed by atoms with Gasteiger partial charge in [-0.1, -0.05) is 11.1 Å². The third-order valence-electron chi connectivity index (χ3n) is 5.02. The van der Waals surface area contributed by atoms with Gasteiger partial charge in [-0.05, 0) is 50.7 Å². The number of nitrogens with one attached hydrogen (secondary N) is 1. The van der Waals surface area contributed by atoms with Crippen molar-refractivity contribution in [3.63, 3.8) is 0 Å². The van der Waals surface area contributed by atoms with E-state index in [2.05, 4.69) is 5.32 Å². The van der Waals surface area contributed by atoms with Crippen molar-refractivity contribution in [3.05, 3.63) is 35.3 Å². The van der Waals surface area contributed by atoms with Crippen LogP contribution in [-0.4, -0.2) is 17.0 Å². The molecule has 2 aliphatic rings. The zero-order chi connectivity index (χ0) is 15.9. The topological polar surface area (TPSA) is 79.5 Å². The Morgan fingerprint density at radius 2 is 1.95 bits per heavy atom. The lowest BCUT2D eigenvalue weighted by Crippen LogP contribution is -2.41. The Morgan fingerprint density at radius 1 is 1.27 bits per heavy atom. The number of hydrogen-bond acceptors (Lipinski definition) is 3. The lowest BCUT2D eigenvalue weighted by molar-refractivity contribution is -0.149. The second-order valence-electron chi connectivity index (χ2n) is 6.43. The molecule has 1 heterocycles. The minimum atomic E-state index is -0.857. The summed E-state index contributed by atoms with van der Waals surface area (Å²) in [6.07, 6.45) is 3.35. The van der Waals surface area contributed by atoms with Crippen LogP contribution in [0.4, 0.5) is 0 Å². The molecular formula is C17H21NO4. The van der Waals surface area contributed by atoms with Crippen LogP contribution in [0, 0.1) is 23.7 Å². The molecule has 1 aromatic heterocycles. The van der Waals surface area contributed by atoms with Crippen molar-refractivity contribution in [3.8, 4) is 0 Å². The SMILES string of the molecule is CC(C)=C1C2CCC1C(C(=O)NCc1ccco1)C2C(=O)O. The normalized spacial score (nSPS) is 29.6. The van der Waals surface area contributed by atoms with E-state index in [4.69, 9.17) is 4.42 Å². The minimum absolute atomic E-state index is 0.0202. The van der Waals surface area contributed by atoms with Gasteiger partial charge in [0.1, 0.15) is 5.76 Å². The molecule has 2 N–H and O–H groups in total. The number of rotatable bonds is 4. The monoisotopic (exact) mass is 303 g/mol. The number of allylic oxidation sites excluding steroid dienone is 2. The largest absolute Gasteiger partial charge is 0.481 e. The maximum atomic E-state index is 12.6. The first-order chi connectivity index (χ1) is 10.5. The average molecular weight is 303 g/mol. The van der Waals surface area contributed by atoms with Crippen LogP contribution in [0.3, 0.4) is 0 Å². The molecule has 2 saturated carbocycles. The molecule has 0 saturated heterocycles. The van der Waals surface area contributed by atoms with Gasteiger partial charge in [-0.15, -0.1) is 0 Å². The molecular weight excluding hydrogens is 282 g/mol. The van der Waals surface area contributed by atoms with Crippen LogP contribution in [0.1, 0.15) is 32.4 Å². The highest BCUT2D eigenvalue weighted by atomic mass is 16.4. The number of aliphatic carboxylic acids is 1.